The smallest absolute Gasteiger partial charge is 0.218 e. The summed E-state index contributed by atoms with van der Waals surface area (Å²) in [6, 6.07) is 3.96. The van der Waals surface area contributed by atoms with Crippen LogP contribution in [-0.2, 0) is 0 Å². The molecular weight excluding hydrogens is 264 g/mol. The van der Waals surface area contributed by atoms with Crippen LogP contribution in [0.2, 0.25) is 0 Å². The topological polar surface area (TPSA) is 50.3 Å². The van der Waals surface area contributed by atoms with Crippen molar-refractivity contribution in [3.05, 3.63) is 12.4 Å². The summed E-state index contributed by atoms with van der Waals surface area (Å²) < 4.78 is 5.64. The zero-order valence-electron chi connectivity index (χ0n) is 13.1. The van der Waals surface area contributed by atoms with Gasteiger partial charge in [0, 0.05) is 30.7 Å². The van der Waals surface area contributed by atoms with E-state index >= 15 is 0 Å². The molecule has 2 bridgehead atoms. The van der Waals surface area contributed by atoms with Crippen molar-refractivity contribution in [1.29, 1.82) is 0 Å². The van der Waals surface area contributed by atoms with Gasteiger partial charge < -0.3 is 15.0 Å². The third-order valence-electron chi connectivity index (χ3n) is 4.61. The minimum atomic E-state index is 0.586. The molecule has 3 rings (SSSR count). The molecule has 0 amide bonds. The number of rotatable bonds is 6. The number of piperidine rings is 1. The molecule has 5 heteroatoms. The van der Waals surface area contributed by atoms with Gasteiger partial charge in [-0.15, -0.1) is 0 Å². The van der Waals surface area contributed by atoms with E-state index in [0.717, 1.165) is 18.8 Å². The van der Waals surface area contributed by atoms with E-state index in [0.29, 0.717) is 30.6 Å². The van der Waals surface area contributed by atoms with Crippen molar-refractivity contribution in [2.45, 2.75) is 64.1 Å². The predicted molar refractivity (Wildman–Crippen MR) is 83.8 cm³/mol. The molecule has 0 saturated carbocycles. The van der Waals surface area contributed by atoms with E-state index in [9.17, 15) is 0 Å². The Labute approximate surface area is 127 Å². The quantitative estimate of drug-likeness (QED) is 0.871. The number of fused-ring (bicyclic) bond motifs is 2. The Morgan fingerprint density at radius 2 is 2.00 bits per heavy atom. The summed E-state index contributed by atoms with van der Waals surface area (Å²) in [4.78, 5) is 11.1. The molecule has 21 heavy (non-hydrogen) atoms. The maximum absolute atomic E-state index is 5.64. The number of aromatic nitrogens is 2. The Bertz CT molecular complexity index is 455. The zero-order chi connectivity index (χ0) is 14.7. The molecule has 0 aliphatic carbocycles. The summed E-state index contributed by atoms with van der Waals surface area (Å²) in [5.74, 6) is 1.70. The molecule has 2 aliphatic heterocycles. The van der Waals surface area contributed by atoms with E-state index in [1.165, 1.54) is 25.7 Å². The standard InChI is InChI=1S/C16H26N4O/c1-3-7-21-16-10-15(17-11-18-16)20(4-2)14-8-12-5-6-13(9-14)19-12/h10-14,19H,3-9H2,1-2H3. The van der Waals surface area contributed by atoms with Crippen molar-refractivity contribution in [3.8, 4) is 5.88 Å². The maximum Gasteiger partial charge on any atom is 0.218 e. The minimum Gasteiger partial charge on any atom is -0.478 e. The normalized spacial score (nSPS) is 27.6. The first kappa shape index (κ1) is 14.6. The Morgan fingerprint density at radius 3 is 2.67 bits per heavy atom. The minimum absolute atomic E-state index is 0.586. The largest absolute Gasteiger partial charge is 0.478 e. The molecule has 3 heterocycles. The van der Waals surface area contributed by atoms with Crippen LogP contribution in [0.5, 0.6) is 5.88 Å². The maximum atomic E-state index is 5.64. The molecule has 1 aromatic heterocycles. The predicted octanol–water partition coefficient (Wildman–Crippen LogP) is 2.37. The Kier molecular flexibility index (Phi) is 4.58. The van der Waals surface area contributed by atoms with Gasteiger partial charge in [-0.25, -0.2) is 9.97 Å². The number of nitrogens with zero attached hydrogens (tertiary/aromatic N) is 3. The number of nitrogens with one attached hydrogen (secondary N) is 1. The lowest BCUT2D eigenvalue weighted by Crippen LogP contribution is -2.48. The molecule has 1 N–H and O–H groups in total. The van der Waals surface area contributed by atoms with Crippen LogP contribution >= 0.6 is 0 Å². The molecule has 2 atom stereocenters. The summed E-state index contributed by atoms with van der Waals surface area (Å²) >= 11 is 0. The van der Waals surface area contributed by atoms with Gasteiger partial charge in [0.2, 0.25) is 5.88 Å². The van der Waals surface area contributed by atoms with Gasteiger partial charge in [0.15, 0.2) is 0 Å². The van der Waals surface area contributed by atoms with Crippen LogP contribution < -0.4 is 15.0 Å². The van der Waals surface area contributed by atoms with E-state index in [2.05, 4.69) is 34.0 Å². The number of hydrogen-bond donors (Lipinski definition) is 1. The lowest BCUT2D eigenvalue weighted by molar-refractivity contribution is 0.304. The van der Waals surface area contributed by atoms with Gasteiger partial charge in [-0.2, -0.15) is 0 Å². The third kappa shape index (κ3) is 3.28. The van der Waals surface area contributed by atoms with Crippen molar-refractivity contribution < 1.29 is 4.74 Å². The molecule has 2 saturated heterocycles. The van der Waals surface area contributed by atoms with Crippen LogP contribution in [0.25, 0.3) is 0 Å². The Hall–Kier alpha value is -1.36. The molecule has 0 aromatic carbocycles. The fourth-order valence-corrected chi connectivity index (χ4v) is 3.66. The third-order valence-corrected chi connectivity index (χ3v) is 4.61. The second-order valence-corrected chi connectivity index (χ2v) is 6.11. The summed E-state index contributed by atoms with van der Waals surface area (Å²) in [6.07, 6.45) is 7.72. The van der Waals surface area contributed by atoms with Crippen molar-refractivity contribution in [2.75, 3.05) is 18.1 Å². The van der Waals surface area contributed by atoms with Crippen molar-refractivity contribution in [1.82, 2.24) is 15.3 Å². The van der Waals surface area contributed by atoms with Crippen molar-refractivity contribution in [2.24, 2.45) is 0 Å². The second-order valence-electron chi connectivity index (χ2n) is 6.11. The summed E-state index contributed by atoms with van der Waals surface area (Å²) in [5, 5.41) is 3.71. The van der Waals surface area contributed by atoms with Crippen molar-refractivity contribution in [3.63, 3.8) is 0 Å². The SMILES string of the molecule is CCCOc1cc(N(CC)C2CC3CCC(C2)N3)ncn1. The molecule has 1 aromatic rings. The molecule has 2 aliphatic rings. The number of anilines is 1. The van der Waals surface area contributed by atoms with Gasteiger partial charge >= 0.3 is 0 Å². The highest BCUT2D eigenvalue weighted by Gasteiger charge is 2.36. The first-order valence-corrected chi connectivity index (χ1v) is 8.27. The summed E-state index contributed by atoms with van der Waals surface area (Å²) in [6.45, 7) is 6.00. The van der Waals surface area contributed by atoms with Gasteiger partial charge in [-0.05, 0) is 39.0 Å². The monoisotopic (exact) mass is 290 g/mol. The first-order valence-electron chi connectivity index (χ1n) is 8.27. The second kappa shape index (κ2) is 6.60. The van der Waals surface area contributed by atoms with E-state index in [1.807, 2.05) is 6.07 Å². The average Bonchev–Trinajstić information content (AvgIpc) is 2.85. The van der Waals surface area contributed by atoms with Crippen LogP contribution in [0.4, 0.5) is 5.82 Å². The van der Waals surface area contributed by atoms with Crippen molar-refractivity contribution >= 4 is 5.82 Å². The highest BCUT2D eigenvalue weighted by molar-refractivity contribution is 5.42. The molecule has 116 valence electrons. The average molecular weight is 290 g/mol. The van der Waals surface area contributed by atoms with E-state index in [-0.39, 0.29) is 0 Å². The fraction of sp³-hybridized carbons (Fsp3) is 0.750. The number of hydrogen-bond acceptors (Lipinski definition) is 5. The van der Waals surface area contributed by atoms with Crippen LogP contribution in [-0.4, -0.2) is 41.2 Å². The molecule has 5 nitrogen and oxygen atoms in total. The van der Waals surface area contributed by atoms with Crippen LogP contribution in [0.3, 0.4) is 0 Å². The van der Waals surface area contributed by atoms with Gasteiger partial charge in [-0.3, -0.25) is 0 Å². The Morgan fingerprint density at radius 1 is 1.24 bits per heavy atom. The van der Waals surface area contributed by atoms with Crippen LogP contribution in [0.15, 0.2) is 12.4 Å². The van der Waals surface area contributed by atoms with Crippen LogP contribution in [0, 0.1) is 0 Å². The first-order chi connectivity index (χ1) is 10.3. The van der Waals surface area contributed by atoms with Gasteiger partial charge in [0.25, 0.3) is 0 Å². The molecule has 0 spiro atoms. The van der Waals surface area contributed by atoms with E-state index in [4.69, 9.17) is 4.74 Å². The summed E-state index contributed by atoms with van der Waals surface area (Å²) in [7, 11) is 0. The molecular formula is C16H26N4O. The Balaban J connectivity index is 1.73. The van der Waals surface area contributed by atoms with Gasteiger partial charge in [0.05, 0.1) is 6.61 Å². The highest BCUT2D eigenvalue weighted by atomic mass is 16.5. The van der Waals surface area contributed by atoms with Crippen LogP contribution in [0.1, 0.15) is 46.0 Å². The molecule has 2 fully saturated rings. The fourth-order valence-electron chi connectivity index (χ4n) is 3.66. The van der Waals surface area contributed by atoms with E-state index < -0.39 is 0 Å². The van der Waals surface area contributed by atoms with E-state index in [1.54, 1.807) is 6.33 Å². The van der Waals surface area contributed by atoms with Gasteiger partial charge in [0.1, 0.15) is 12.1 Å². The summed E-state index contributed by atoms with van der Waals surface area (Å²) in [5.41, 5.74) is 0. The number of ether oxygens (including phenoxy) is 1. The molecule has 0 radical (unpaired) electrons. The lowest BCUT2D eigenvalue weighted by atomic mass is 9.98. The van der Waals surface area contributed by atoms with Gasteiger partial charge in [-0.1, -0.05) is 6.92 Å². The zero-order valence-corrected chi connectivity index (χ0v) is 13.1. The highest BCUT2D eigenvalue weighted by Crippen LogP contribution is 2.32. The lowest BCUT2D eigenvalue weighted by Gasteiger charge is -2.38. The molecule has 2 unspecified atom stereocenters.